The van der Waals surface area contributed by atoms with E-state index in [2.05, 4.69) is 10.4 Å². The Bertz CT molecular complexity index is 1160. The Kier molecular flexibility index (Phi) is 4.92. The topological polar surface area (TPSA) is 137 Å². The van der Waals surface area contributed by atoms with Crippen molar-refractivity contribution in [2.24, 2.45) is 5.14 Å². The molecule has 0 unspecified atom stereocenters. The lowest BCUT2D eigenvalue weighted by Crippen LogP contribution is -2.47. The fourth-order valence-electron chi connectivity index (χ4n) is 2.48. The number of nitrogens with zero attached hydrogens (tertiary/aromatic N) is 2. The number of carbonyl (C=O) groups excluding carboxylic acids is 1. The van der Waals surface area contributed by atoms with Gasteiger partial charge < -0.3 is 9.73 Å². The SMILES string of the molecule is CC(C)(C(=O)Nc1ccc(S(N)(=O)=O)cc1)n1nc(-c2ccco2)ccc1=O. The quantitative estimate of drug-likeness (QED) is 0.664. The minimum Gasteiger partial charge on any atom is -0.463 e. The molecule has 2 aromatic heterocycles. The van der Waals surface area contributed by atoms with Crippen LogP contribution in [0.4, 0.5) is 5.69 Å². The summed E-state index contributed by atoms with van der Waals surface area (Å²) < 4.78 is 29.0. The highest BCUT2D eigenvalue weighted by atomic mass is 32.2. The van der Waals surface area contributed by atoms with Gasteiger partial charge in [0.05, 0.1) is 11.2 Å². The van der Waals surface area contributed by atoms with Crippen LogP contribution in [-0.2, 0) is 20.4 Å². The van der Waals surface area contributed by atoms with E-state index < -0.39 is 27.0 Å². The van der Waals surface area contributed by atoms with E-state index in [0.29, 0.717) is 17.1 Å². The van der Waals surface area contributed by atoms with Gasteiger partial charge in [-0.2, -0.15) is 5.10 Å². The fourth-order valence-corrected chi connectivity index (χ4v) is 2.99. The normalized spacial score (nSPS) is 12.0. The molecule has 0 fully saturated rings. The third-order valence-corrected chi connectivity index (χ3v) is 5.03. The zero-order valence-corrected chi connectivity index (χ0v) is 15.9. The van der Waals surface area contributed by atoms with Gasteiger partial charge in [0.25, 0.3) is 11.5 Å². The molecule has 0 aliphatic heterocycles. The number of aromatic nitrogens is 2. The lowest BCUT2D eigenvalue weighted by Gasteiger charge is -2.25. The van der Waals surface area contributed by atoms with Gasteiger partial charge in [-0.05, 0) is 56.3 Å². The molecule has 146 valence electrons. The first-order valence-electron chi connectivity index (χ1n) is 8.18. The number of sulfonamides is 1. The second-order valence-corrected chi connectivity index (χ2v) is 8.09. The Morgan fingerprint density at radius 3 is 2.39 bits per heavy atom. The maximum atomic E-state index is 12.8. The second-order valence-electron chi connectivity index (χ2n) is 6.53. The smallest absolute Gasteiger partial charge is 0.267 e. The summed E-state index contributed by atoms with van der Waals surface area (Å²) in [4.78, 5) is 25.0. The summed E-state index contributed by atoms with van der Waals surface area (Å²) >= 11 is 0. The lowest BCUT2D eigenvalue weighted by molar-refractivity contribution is -0.123. The van der Waals surface area contributed by atoms with E-state index in [9.17, 15) is 18.0 Å². The molecule has 0 saturated carbocycles. The summed E-state index contributed by atoms with van der Waals surface area (Å²) in [5.41, 5.74) is -1.04. The van der Waals surface area contributed by atoms with Crippen LogP contribution in [0, 0.1) is 0 Å². The predicted molar refractivity (Wildman–Crippen MR) is 102 cm³/mol. The number of benzene rings is 1. The molecule has 1 amide bonds. The summed E-state index contributed by atoms with van der Waals surface area (Å²) in [5.74, 6) is -0.0504. The summed E-state index contributed by atoms with van der Waals surface area (Å²) in [6.45, 7) is 3.09. The summed E-state index contributed by atoms with van der Waals surface area (Å²) in [7, 11) is -3.83. The van der Waals surface area contributed by atoms with E-state index in [1.54, 1.807) is 26.0 Å². The van der Waals surface area contributed by atoms with Gasteiger partial charge in [-0.1, -0.05) is 0 Å². The van der Waals surface area contributed by atoms with Crippen molar-refractivity contribution in [3.8, 4) is 11.5 Å². The molecule has 3 N–H and O–H groups in total. The van der Waals surface area contributed by atoms with E-state index in [1.807, 2.05) is 0 Å². The molecule has 3 aromatic rings. The number of nitrogens with one attached hydrogen (secondary N) is 1. The van der Waals surface area contributed by atoms with Crippen molar-refractivity contribution in [2.75, 3.05) is 5.32 Å². The van der Waals surface area contributed by atoms with E-state index in [-0.39, 0.29) is 4.90 Å². The first-order valence-corrected chi connectivity index (χ1v) is 9.73. The van der Waals surface area contributed by atoms with Crippen LogP contribution in [0.2, 0.25) is 0 Å². The molecule has 3 rings (SSSR count). The van der Waals surface area contributed by atoms with E-state index >= 15 is 0 Å². The van der Waals surface area contributed by atoms with Crippen LogP contribution >= 0.6 is 0 Å². The number of furan rings is 1. The number of hydrogen-bond acceptors (Lipinski definition) is 6. The van der Waals surface area contributed by atoms with Crippen molar-refractivity contribution < 1.29 is 17.6 Å². The second kappa shape index (κ2) is 7.06. The Balaban J connectivity index is 1.89. The molecular formula is C18H18N4O5S. The maximum absolute atomic E-state index is 12.8. The van der Waals surface area contributed by atoms with Crippen LogP contribution in [0.5, 0.6) is 0 Å². The van der Waals surface area contributed by atoms with E-state index in [1.165, 1.54) is 42.7 Å². The van der Waals surface area contributed by atoms with Gasteiger partial charge in [0.15, 0.2) is 5.76 Å². The van der Waals surface area contributed by atoms with Gasteiger partial charge in [0.1, 0.15) is 11.2 Å². The summed E-state index contributed by atoms with van der Waals surface area (Å²) in [6.07, 6.45) is 1.48. The van der Waals surface area contributed by atoms with Gasteiger partial charge in [-0.3, -0.25) is 9.59 Å². The zero-order chi connectivity index (χ0) is 20.5. The first-order chi connectivity index (χ1) is 13.1. The van der Waals surface area contributed by atoms with Gasteiger partial charge in [-0.15, -0.1) is 0 Å². The summed E-state index contributed by atoms with van der Waals surface area (Å²) in [5, 5.41) is 11.9. The highest BCUT2D eigenvalue weighted by Gasteiger charge is 2.32. The average molecular weight is 402 g/mol. The number of rotatable bonds is 5. The average Bonchev–Trinajstić information content (AvgIpc) is 3.16. The standard InChI is InChI=1S/C18H18N4O5S/c1-18(2,17(24)20-12-5-7-13(8-6-12)28(19,25)26)22-16(23)10-9-14(21-22)15-4-3-11-27-15/h3-11H,1-2H3,(H,20,24)(H2,19,25,26). The molecule has 0 bridgehead atoms. The van der Waals surface area contributed by atoms with Crippen molar-refractivity contribution in [3.63, 3.8) is 0 Å². The molecule has 2 heterocycles. The van der Waals surface area contributed by atoms with Crippen LogP contribution in [0.3, 0.4) is 0 Å². The number of carbonyl (C=O) groups is 1. The number of anilines is 1. The van der Waals surface area contributed by atoms with Crippen LogP contribution in [-0.4, -0.2) is 24.1 Å². The monoisotopic (exact) mass is 402 g/mol. The molecule has 0 radical (unpaired) electrons. The van der Waals surface area contributed by atoms with Crippen molar-refractivity contribution in [3.05, 3.63) is 65.1 Å². The van der Waals surface area contributed by atoms with Gasteiger partial charge in [-0.25, -0.2) is 18.2 Å². The van der Waals surface area contributed by atoms with Crippen molar-refractivity contribution in [1.29, 1.82) is 0 Å². The largest absolute Gasteiger partial charge is 0.463 e. The third kappa shape index (κ3) is 3.87. The highest BCUT2D eigenvalue weighted by Crippen LogP contribution is 2.20. The molecule has 0 saturated heterocycles. The molecular weight excluding hydrogens is 384 g/mol. The number of nitrogens with two attached hydrogens (primary N) is 1. The van der Waals surface area contributed by atoms with E-state index in [0.717, 1.165) is 4.68 Å². The molecule has 9 nitrogen and oxygen atoms in total. The molecule has 0 atom stereocenters. The van der Waals surface area contributed by atoms with Gasteiger partial charge in [0.2, 0.25) is 10.0 Å². The summed E-state index contributed by atoms with van der Waals surface area (Å²) in [6, 6.07) is 11.6. The van der Waals surface area contributed by atoms with Crippen molar-refractivity contribution in [2.45, 2.75) is 24.3 Å². The fraction of sp³-hybridized carbons (Fsp3) is 0.167. The minimum absolute atomic E-state index is 0.0752. The first kappa shape index (κ1) is 19.5. The lowest BCUT2D eigenvalue weighted by atomic mass is 10.0. The van der Waals surface area contributed by atoms with Crippen molar-refractivity contribution in [1.82, 2.24) is 9.78 Å². The number of primary sulfonamides is 1. The Labute approximate surface area is 160 Å². The van der Waals surface area contributed by atoms with Crippen molar-refractivity contribution >= 4 is 21.6 Å². The minimum atomic E-state index is -3.83. The Hall–Kier alpha value is -3.24. The van der Waals surface area contributed by atoms with Crippen LogP contribution < -0.4 is 16.0 Å². The van der Waals surface area contributed by atoms with Crippen LogP contribution in [0.25, 0.3) is 11.5 Å². The Morgan fingerprint density at radius 2 is 1.82 bits per heavy atom. The molecule has 1 aromatic carbocycles. The van der Waals surface area contributed by atoms with Crippen LogP contribution in [0.1, 0.15) is 13.8 Å². The third-order valence-electron chi connectivity index (χ3n) is 4.10. The predicted octanol–water partition coefficient (Wildman–Crippen LogP) is 1.52. The highest BCUT2D eigenvalue weighted by molar-refractivity contribution is 7.89. The molecule has 10 heteroatoms. The molecule has 0 aliphatic carbocycles. The van der Waals surface area contributed by atoms with Gasteiger partial charge >= 0.3 is 0 Å². The molecule has 0 spiro atoms. The number of hydrogen-bond donors (Lipinski definition) is 2. The maximum Gasteiger partial charge on any atom is 0.267 e. The Morgan fingerprint density at radius 1 is 1.14 bits per heavy atom. The zero-order valence-electron chi connectivity index (χ0n) is 15.1. The van der Waals surface area contributed by atoms with Gasteiger partial charge in [0, 0.05) is 11.8 Å². The molecule has 28 heavy (non-hydrogen) atoms. The molecule has 0 aliphatic rings. The van der Waals surface area contributed by atoms with E-state index in [4.69, 9.17) is 9.56 Å². The number of amides is 1. The van der Waals surface area contributed by atoms with Crippen LogP contribution in [0.15, 0.2) is 68.9 Å².